The average Bonchev–Trinajstić information content (AvgIpc) is 3.12. The molecule has 3 rings (SSSR count). The van der Waals surface area contributed by atoms with Crippen LogP contribution in [0.2, 0.25) is 0 Å². The van der Waals surface area contributed by atoms with Gasteiger partial charge in [0.15, 0.2) is 0 Å². The fourth-order valence-corrected chi connectivity index (χ4v) is 3.35. The fourth-order valence-electron chi connectivity index (χ4n) is 3.35. The summed E-state index contributed by atoms with van der Waals surface area (Å²) in [6, 6.07) is 1.76. The normalized spacial score (nSPS) is 15.3. The second-order valence-corrected chi connectivity index (χ2v) is 6.81. The number of carbonyl (C=O) groups is 1. The zero-order chi connectivity index (χ0) is 19.2. The van der Waals surface area contributed by atoms with E-state index in [4.69, 9.17) is 9.47 Å². The van der Waals surface area contributed by atoms with E-state index in [9.17, 15) is 4.79 Å². The van der Waals surface area contributed by atoms with Crippen molar-refractivity contribution < 1.29 is 14.3 Å². The summed E-state index contributed by atoms with van der Waals surface area (Å²) >= 11 is 0. The number of rotatable bonds is 7. The average molecular weight is 373 g/mol. The zero-order valence-corrected chi connectivity index (χ0v) is 16.2. The van der Waals surface area contributed by atoms with E-state index in [0.717, 1.165) is 29.9 Å². The van der Waals surface area contributed by atoms with E-state index in [1.165, 1.54) is 0 Å². The molecule has 2 aromatic rings. The van der Waals surface area contributed by atoms with E-state index in [2.05, 4.69) is 15.1 Å². The molecule has 2 aromatic heterocycles. The minimum Gasteiger partial charge on any atom is -0.382 e. The lowest BCUT2D eigenvalue weighted by Crippen LogP contribution is -2.38. The van der Waals surface area contributed by atoms with Crippen molar-refractivity contribution in [3.05, 3.63) is 41.2 Å². The number of nitrogens with zero attached hydrogens (tertiary/aromatic N) is 5. The van der Waals surface area contributed by atoms with Gasteiger partial charge >= 0.3 is 0 Å². The van der Waals surface area contributed by atoms with Gasteiger partial charge in [0.05, 0.1) is 25.5 Å². The lowest BCUT2D eigenvalue weighted by molar-refractivity contribution is 0.0604. The molecule has 3 heterocycles. The highest BCUT2D eigenvalue weighted by molar-refractivity contribution is 5.92. The molecule has 0 unspecified atom stereocenters. The van der Waals surface area contributed by atoms with Crippen LogP contribution >= 0.6 is 0 Å². The molecule has 146 valence electrons. The van der Waals surface area contributed by atoms with Gasteiger partial charge in [0.2, 0.25) is 0 Å². The van der Waals surface area contributed by atoms with Crippen molar-refractivity contribution >= 4 is 5.91 Å². The number of ether oxygens (including phenoxy) is 2. The summed E-state index contributed by atoms with van der Waals surface area (Å²) in [6.07, 6.45) is 5.40. The third kappa shape index (κ3) is 4.90. The van der Waals surface area contributed by atoms with Crippen LogP contribution in [0.1, 0.15) is 46.3 Å². The molecule has 1 saturated heterocycles. The molecule has 27 heavy (non-hydrogen) atoms. The van der Waals surface area contributed by atoms with E-state index >= 15 is 0 Å². The number of hydrogen-bond acceptors (Lipinski definition) is 6. The largest absolute Gasteiger partial charge is 0.382 e. The van der Waals surface area contributed by atoms with Crippen LogP contribution in [-0.4, -0.2) is 64.0 Å². The number of hydrogen-bond donors (Lipinski definition) is 0. The maximum absolute atomic E-state index is 12.6. The molecule has 1 aliphatic rings. The number of aromatic nitrogens is 4. The van der Waals surface area contributed by atoms with Gasteiger partial charge in [-0.1, -0.05) is 0 Å². The topological polar surface area (TPSA) is 82.4 Å². The SMILES string of the molecule is COCCOCc1cnc(C)nc1C1CCN(C(=O)c2ccn(C)n2)CC1. The molecule has 0 saturated carbocycles. The molecule has 0 spiro atoms. The van der Waals surface area contributed by atoms with Crippen molar-refractivity contribution in [1.82, 2.24) is 24.6 Å². The minimum absolute atomic E-state index is 0.00367. The Bertz CT molecular complexity index is 768. The molecule has 1 fully saturated rings. The van der Waals surface area contributed by atoms with Crippen molar-refractivity contribution in [1.29, 1.82) is 0 Å². The first-order valence-electron chi connectivity index (χ1n) is 9.26. The van der Waals surface area contributed by atoms with E-state index in [1.54, 1.807) is 24.1 Å². The van der Waals surface area contributed by atoms with Crippen LogP contribution in [0.4, 0.5) is 0 Å². The molecule has 1 aliphatic heterocycles. The maximum atomic E-state index is 12.6. The minimum atomic E-state index is -0.00367. The summed E-state index contributed by atoms with van der Waals surface area (Å²) in [5, 5.41) is 4.22. The molecular weight excluding hydrogens is 346 g/mol. The number of piperidine rings is 1. The van der Waals surface area contributed by atoms with Crippen molar-refractivity contribution in [2.75, 3.05) is 33.4 Å². The van der Waals surface area contributed by atoms with Gasteiger partial charge in [0.25, 0.3) is 5.91 Å². The highest BCUT2D eigenvalue weighted by Gasteiger charge is 2.28. The molecular formula is C19H27N5O3. The van der Waals surface area contributed by atoms with Gasteiger partial charge < -0.3 is 14.4 Å². The molecule has 0 bridgehead atoms. The van der Waals surface area contributed by atoms with Crippen LogP contribution in [0.15, 0.2) is 18.5 Å². The Morgan fingerprint density at radius 1 is 1.30 bits per heavy atom. The third-order valence-electron chi connectivity index (χ3n) is 4.81. The van der Waals surface area contributed by atoms with Crippen molar-refractivity contribution in [2.24, 2.45) is 7.05 Å². The molecule has 8 heteroatoms. The Hall–Kier alpha value is -2.32. The first kappa shape index (κ1) is 19.4. The molecule has 8 nitrogen and oxygen atoms in total. The van der Waals surface area contributed by atoms with Gasteiger partial charge in [-0.3, -0.25) is 9.48 Å². The van der Waals surface area contributed by atoms with Gasteiger partial charge in [0, 0.05) is 51.1 Å². The molecule has 0 aliphatic carbocycles. The van der Waals surface area contributed by atoms with Crippen LogP contribution in [0.25, 0.3) is 0 Å². The summed E-state index contributed by atoms with van der Waals surface area (Å²) in [7, 11) is 3.47. The van der Waals surface area contributed by atoms with Crippen LogP contribution < -0.4 is 0 Å². The van der Waals surface area contributed by atoms with Crippen LogP contribution in [-0.2, 0) is 23.1 Å². The summed E-state index contributed by atoms with van der Waals surface area (Å²) < 4.78 is 12.3. The smallest absolute Gasteiger partial charge is 0.274 e. The number of methoxy groups -OCH3 is 1. The first-order chi connectivity index (χ1) is 13.1. The monoisotopic (exact) mass is 373 g/mol. The lowest BCUT2D eigenvalue weighted by atomic mass is 9.90. The van der Waals surface area contributed by atoms with Crippen molar-refractivity contribution in [3.63, 3.8) is 0 Å². The Kier molecular flexibility index (Phi) is 6.52. The molecule has 1 amide bonds. The summed E-state index contributed by atoms with van der Waals surface area (Å²) in [5.74, 6) is 1.06. The predicted octanol–water partition coefficient (Wildman–Crippen LogP) is 1.70. The van der Waals surface area contributed by atoms with Gasteiger partial charge in [-0.25, -0.2) is 9.97 Å². The van der Waals surface area contributed by atoms with Gasteiger partial charge in [-0.2, -0.15) is 5.10 Å². The summed E-state index contributed by atoms with van der Waals surface area (Å²) in [5.41, 5.74) is 2.57. The fraction of sp³-hybridized carbons (Fsp3) is 0.579. The maximum Gasteiger partial charge on any atom is 0.274 e. The lowest BCUT2D eigenvalue weighted by Gasteiger charge is -2.32. The summed E-state index contributed by atoms with van der Waals surface area (Å²) in [6.45, 7) is 4.89. The first-order valence-corrected chi connectivity index (χ1v) is 9.26. The Morgan fingerprint density at radius 3 is 2.74 bits per heavy atom. The standard InChI is InChI=1S/C19H27N5O3/c1-14-20-12-16(13-27-11-10-26-3)18(21-14)15-4-8-24(9-5-15)19(25)17-6-7-23(2)22-17/h6-7,12,15H,4-5,8-11,13H2,1-3H3. The molecule has 0 aromatic carbocycles. The second-order valence-electron chi connectivity index (χ2n) is 6.81. The van der Waals surface area contributed by atoms with Crippen molar-refractivity contribution in [2.45, 2.75) is 32.3 Å². The quantitative estimate of drug-likeness (QED) is 0.687. The highest BCUT2D eigenvalue weighted by atomic mass is 16.5. The molecule has 0 radical (unpaired) electrons. The van der Waals surface area contributed by atoms with Gasteiger partial charge in [-0.05, 0) is 25.8 Å². The molecule has 0 atom stereocenters. The van der Waals surface area contributed by atoms with Crippen molar-refractivity contribution in [3.8, 4) is 0 Å². The third-order valence-corrected chi connectivity index (χ3v) is 4.81. The van der Waals surface area contributed by atoms with E-state index in [0.29, 0.717) is 44.5 Å². The number of likely N-dealkylation sites (tertiary alicyclic amines) is 1. The van der Waals surface area contributed by atoms with Crippen LogP contribution in [0, 0.1) is 6.92 Å². The summed E-state index contributed by atoms with van der Waals surface area (Å²) in [4.78, 5) is 23.5. The number of amides is 1. The second kappa shape index (κ2) is 9.05. The van der Waals surface area contributed by atoms with E-state index in [-0.39, 0.29) is 5.91 Å². The Balaban J connectivity index is 1.63. The molecule has 0 N–H and O–H groups in total. The van der Waals surface area contributed by atoms with Crippen LogP contribution in [0.3, 0.4) is 0 Å². The number of carbonyl (C=O) groups excluding carboxylic acids is 1. The van der Waals surface area contributed by atoms with Crippen LogP contribution in [0.5, 0.6) is 0 Å². The van der Waals surface area contributed by atoms with Gasteiger partial charge in [-0.15, -0.1) is 0 Å². The highest BCUT2D eigenvalue weighted by Crippen LogP contribution is 2.29. The van der Waals surface area contributed by atoms with E-state index in [1.807, 2.05) is 25.1 Å². The Labute approximate surface area is 159 Å². The Morgan fingerprint density at radius 2 is 2.07 bits per heavy atom. The number of aryl methyl sites for hydroxylation is 2. The predicted molar refractivity (Wildman–Crippen MR) is 99.4 cm³/mol. The van der Waals surface area contributed by atoms with Gasteiger partial charge in [0.1, 0.15) is 11.5 Å². The zero-order valence-electron chi connectivity index (χ0n) is 16.2. The van der Waals surface area contributed by atoms with E-state index < -0.39 is 0 Å².